The molecule has 1 unspecified atom stereocenters. The van der Waals surface area contributed by atoms with E-state index in [2.05, 4.69) is 9.24 Å². The maximum Gasteiger partial charge on any atom is 0.337 e. The van der Waals surface area contributed by atoms with Gasteiger partial charge in [0.1, 0.15) is 5.75 Å². The lowest BCUT2D eigenvalue weighted by molar-refractivity contribution is 0.0600. The standard InChI is InChI=1S/C16H17O3P/c1-16(20,12-6-4-3-5-7-12)13-10-11(15(18)19-2)8-9-14(13)17/h3-10,17H,20H2,1-2H3/t16-/m0/s1. The fourth-order valence-electron chi connectivity index (χ4n) is 2.14. The summed E-state index contributed by atoms with van der Waals surface area (Å²) in [4.78, 5) is 11.6. The number of rotatable bonds is 3. The molecule has 2 atom stereocenters. The van der Waals surface area contributed by atoms with Gasteiger partial charge in [0.15, 0.2) is 0 Å². The zero-order chi connectivity index (χ0) is 14.8. The molecular formula is C16H17O3P. The average molecular weight is 288 g/mol. The van der Waals surface area contributed by atoms with E-state index < -0.39 is 11.1 Å². The lowest BCUT2D eigenvalue weighted by Gasteiger charge is -2.27. The molecule has 0 aliphatic heterocycles. The number of ether oxygens (including phenoxy) is 1. The summed E-state index contributed by atoms with van der Waals surface area (Å²) < 4.78 is 4.72. The van der Waals surface area contributed by atoms with E-state index in [9.17, 15) is 9.90 Å². The number of aromatic hydroxyl groups is 1. The molecule has 2 aromatic carbocycles. The minimum atomic E-state index is -0.491. The van der Waals surface area contributed by atoms with Crippen molar-refractivity contribution >= 4 is 15.2 Å². The first kappa shape index (κ1) is 14.5. The van der Waals surface area contributed by atoms with Gasteiger partial charge in [-0.2, -0.15) is 0 Å². The molecule has 0 fully saturated rings. The van der Waals surface area contributed by atoms with Crippen LogP contribution >= 0.6 is 9.24 Å². The van der Waals surface area contributed by atoms with Gasteiger partial charge < -0.3 is 9.84 Å². The highest BCUT2D eigenvalue weighted by Gasteiger charge is 2.27. The number of carbonyl (C=O) groups is 1. The van der Waals surface area contributed by atoms with Crippen molar-refractivity contribution in [2.75, 3.05) is 7.11 Å². The van der Waals surface area contributed by atoms with Crippen LogP contribution in [0.2, 0.25) is 0 Å². The Morgan fingerprint density at radius 1 is 1.20 bits per heavy atom. The molecule has 0 radical (unpaired) electrons. The van der Waals surface area contributed by atoms with Gasteiger partial charge in [0.25, 0.3) is 0 Å². The van der Waals surface area contributed by atoms with Crippen molar-refractivity contribution in [3.05, 3.63) is 65.2 Å². The SMILES string of the molecule is COC(=O)c1ccc(O)c([C@@](C)(P)c2ccccc2)c1. The van der Waals surface area contributed by atoms with Gasteiger partial charge in [-0.3, -0.25) is 0 Å². The topological polar surface area (TPSA) is 46.5 Å². The average Bonchev–Trinajstić information content (AvgIpc) is 2.47. The van der Waals surface area contributed by atoms with Crippen LogP contribution in [0.1, 0.15) is 28.4 Å². The number of carbonyl (C=O) groups excluding carboxylic acids is 1. The summed E-state index contributed by atoms with van der Waals surface area (Å²) in [5.74, 6) is -0.265. The van der Waals surface area contributed by atoms with E-state index in [0.29, 0.717) is 11.1 Å². The number of hydrogen-bond donors (Lipinski definition) is 1. The van der Waals surface area contributed by atoms with E-state index in [0.717, 1.165) is 5.56 Å². The van der Waals surface area contributed by atoms with Gasteiger partial charge in [0.2, 0.25) is 0 Å². The fraction of sp³-hybridized carbons (Fsp3) is 0.188. The maximum absolute atomic E-state index is 11.6. The van der Waals surface area contributed by atoms with Gasteiger partial charge in [-0.05, 0) is 30.7 Å². The Hall–Kier alpha value is -1.86. The highest BCUT2D eigenvalue weighted by atomic mass is 31.0. The Bertz CT molecular complexity index is 621. The molecule has 0 heterocycles. The number of hydrogen-bond acceptors (Lipinski definition) is 3. The molecule has 0 saturated heterocycles. The summed E-state index contributed by atoms with van der Waals surface area (Å²) in [6.45, 7) is 1.98. The minimum absolute atomic E-state index is 0.152. The summed E-state index contributed by atoms with van der Waals surface area (Å²) in [5, 5.41) is 9.63. The van der Waals surface area contributed by atoms with Gasteiger partial charge in [-0.1, -0.05) is 30.3 Å². The second kappa shape index (κ2) is 5.64. The first-order valence-corrected chi connectivity index (χ1v) is 6.80. The monoisotopic (exact) mass is 288 g/mol. The van der Waals surface area contributed by atoms with E-state index >= 15 is 0 Å². The molecule has 0 aliphatic rings. The van der Waals surface area contributed by atoms with Gasteiger partial charge in [0, 0.05) is 10.7 Å². The van der Waals surface area contributed by atoms with Crippen molar-refractivity contribution in [3.63, 3.8) is 0 Å². The molecule has 0 amide bonds. The summed E-state index contributed by atoms with van der Waals surface area (Å²) in [6, 6.07) is 14.5. The van der Waals surface area contributed by atoms with Crippen LogP contribution in [-0.2, 0) is 9.89 Å². The second-order valence-corrected chi connectivity index (χ2v) is 5.95. The third-order valence-corrected chi connectivity index (χ3v) is 3.99. The number of phenols is 1. The third kappa shape index (κ3) is 2.68. The van der Waals surface area contributed by atoms with Crippen LogP contribution in [0.5, 0.6) is 5.75 Å². The van der Waals surface area contributed by atoms with Crippen molar-refractivity contribution in [2.24, 2.45) is 0 Å². The first-order chi connectivity index (χ1) is 9.46. The van der Waals surface area contributed by atoms with Crippen molar-refractivity contribution in [2.45, 2.75) is 12.1 Å². The van der Waals surface area contributed by atoms with Crippen molar-refractivity contribution in [3.8, 4) is 5.75 Å². The van der Waals surface area contributed by atoms with Crippen LogP contribution in [0.15, 0.2) is 48.5 Å². The van der Waals surface area contributed by atoms with Crippen LogP contribution < -0.4 is 0 Å². The molecule has 20 heavy (non-hydrogen) atoms. The van der Waals surface area contributed by atoms with Gasteiger partial charge >= 0.3 is 5.97 Å². The fourth-order valence-corrected chi connectivity index (χ4v) is 2.56. The number of esters is 1. The van der Waals surface area contributed by atoms with Crippen molar-refractivity contribution < 1.29 is 14.6 Å². The molecule has 3 nitrogen and oxygen atoms in total. The predicted octanol–water partition coefficient (Wildman–Crippen LogP) is 3.32. The molecule has 0 aliphatic carbocycles. The Morgan fingerprint density at radius 3 is 2.45 bits per heavy atom. The number of methoxy groups -OCH3 is 1. The summed E-state index contributed by atoms with van der Waals surface area (Å²) >= 11 is 0. The van der Waals surface area contributed by atoms with E-state index in [-0.39, 0.29) is 5.75 Å². The third-order valence-electron chi connectivity index (χ3n) is 3.35. The lowest BCUT2D eigenvalue weighted by Crippen LogP contribution is -2.16. The highest BCUT2D eigenvalue weighted by Crippen LogP contribution is 2.42. The molecule has 0 saturated carbocycles. The largest absolute Gasteiger partial charge is 0.508 e. The molecule has 1 N–H and O–H groups in total. The lowest BCUT2D eigenvalue weighted by atomic mass is 9.90. The normalized spacial score (nSPS) is 13.6. The molecule has 0 spiro atoms. The molecule has 0 bridgehead atoms. The molecule has 104 valence electrons. The highest BCUT2D eigenvalue weighted by molar-refractivity contribution is 7.18. The zero-order valence-electron chi connectivity index (χ0n) is 11.5. The van der Waals surface area contributed by atoms with Crippen LogP contribution in [0, 0.1) is 0 Å². The Balaban J connectivity index is 2.53. The second-order valence-electron chi connectivity index (χ2n) is 4.79. The summed E-state index contributed by atoms with van der Waals surface area (Å²) in [7, 11) is 4.08. The van der Waals surface area contributed by atoms with E-state index in [1.165, 1.54) is 13.2 Å². The van der Waals surface area contributed by atoms with Crippen LogP contribution in [0.4, 0.5) is 0 Å². The molecule has 2 rings (SSSR count). The number of phenolic OH excluding ortho intramolecular Hbond substituents is 1. The Morgan fingerprint density at radius 2 is 1.85 bits per heavy atom. The Kier molecular flexibility index (Phi) is 4.10. The smallest absolute Gasteiger partial charge is 0.337 e. The number of benzene rings is 2. The molecule has 2 aromatic rings. The summed E-state index contributed by atoms with van der Waals surface area (Å²) in [6.07, 6.45) is 0. The van der Waals surface area contributed by atoms with Crippen LogP contribution in [0.3, 0.4) is 0 Å². The van der Waals surface area contributed by atoms with Gasteiger partial charge in [-0.25, -0.2) is 4.79 Å². The van der Waals surface area contributed by atoms with Gasteiger partial charge in [0.05, 0.1) is 12.7 Å². The van der Waals surface area contributed by atoms with Crippen molar-refractivity contribution in [1.29, 1.82) is 0 Å². The van der Waals surface area contributed by atoms with E-state index in [1.54, 1.807) is 12.1 Å². The predicted molar refractivity (Wildman–Crippen MR) is 82.1 cm³/mol. The molecule has 4 heteroatoms. The van der Waals surface area contributed by atoms with Crippen LogP contribution in [-0.4, -0.2) is 18.2 Å². The Labute approximate surface area is 120 Å². The molecule has 0 aromatic heterocycles. The quantitative estimate of drug-likeness (QED) is 0.696. The first-order valence-electron chi connectivity index (χ1n) is 6.23. The van der Waals surface area contributed by atoms with E-state index in [1.807, 2.05) is 37.3 Å². The van der Waals surface area contributed by atoms with Crippen LogP contribution in [0.25, 0.3) is 0 Å². The minimum Gasteiger partial charge on any atom is -0.508 e. The molecular weight excluding hydrogens is 271 g/mol. The van der Waals surface area contributed by atoms with Crippen molar-refractivity contribution in [1.82, 2.24) is 0 Å². The maximum atomic E-state index is 11.6. The zero-order valence-corrected chi connectivity index (χ0v) is 12.6. The van der Waals surface area contributed by atoms with E-state index in [4.69, 9.17) is 4.74 Å². The summed E-state index contributed by atoms with van der Waals surface area (Å²) in [5.41, 5.74) is 2.11. The van der Waals surface area contributed by atoms with Gasteiger partial charge in [-0.15, -0.1) is 9.24 Å².